The van der Waals surface area contributed by atoms with Gasteiger partial charge < -0.3 is 19.8 Å². The lowest BCUT2D eigenvalue weighted by Gasteiger charge is -2.15. The van der Waals surface area contributed by atoms with E-state index < -0.39 is 11.7 Å². The summed E-state index contributed by atoms with van der Waals surface area (Å²) >= 11 is 0. The van der Waals surface area contributed by atoms with Crippen LogP contribution in [0.3, 0.4) is 0 Å². The third-order valence-corrected chi connectivity index (χ3v) is 6.23. The number of aromatic nitrogens is 1. The molecule has 0 atom stereocenters. The first-order chi connectivity index (χ1) is 16.0. The van der Waals surface area contributed by atoms with Gasteiger partial charge in [0.2, 0.25) is 0 Å². The van der Waals surface area contributed by atoms with Crippen molar-refractivity contribution in [1.29, 1.82) is 0 Å². The number of hydrogen-bond donors (Lipinski definition) is 1. The summed E-state index contributed by atoms with van der Waals surface area (Å²) < 4.78 is 12.9. The zero-order chi connectivity index (χ0) is 23.5. The number of hydrogen-bond acceptors (Lipinski definition) is 5. The van der Waals surface area contributed by atoms with Gasteiger partial charge in [0.05, 0.1) is 36.6 Å². The standard InChI is InChI=1S/C26H28N2O5/c1-3-19-22(25(30)26(27)31)23-20(33-13-12-21(29)32-2)14-17-10-7-11-18(17)24(23)28(19)15-16-8-5-4-6-9-16/h4-6,8-9,14H,3,7,10-13,15H2,1-2H3,(H2,27,31). The number of rotatable bonds is 9. The summed E-state index contributed by atoms with van der Waals surface area (Å²) in [5.41, 5.74) is 10.9. The monoisotopic (exact) mass is 448 g/mol. The highest BCUT2D eigenvalue weighted by Crippen LogP contribution is 2.42. The van der Waals surface area contributed by atoms with Gasteiger partial charge >= 0.3 is 5.97 Å². The van der Waals surface area contributed by atoms with Crippen LogP contribution in [0.5, 0.6) is 5.75 Å². The molecule has 2 N–H and O–H groups in total. The van der Waals surface area contributed by atoms with Gasteiger partial charge in [0.15, 0.2) is 0 Å². The van der Waals surface area contributed by atoms with Crippen LogP contribution in [-0.2, 0) is 40.1 Å². The van der Waals surface area contributed by atoms with Crippen LogP contribution in [0.25, 0.3) is 10.9 Å². The Kier molecular flexibility index (Phi) is 6.49. The number of aryl methyl sites for hydroxylation is 2. The third kappa shape index (κ3) is 4.23. The first-order valence-electron chi connectivity index (χ1n) is 11.2. The fraction of sp³-hybridized carbons (Fsp3) is 0.346. The van der Waals surface area contributed by atoms with Crippen molar-refractivity contribution in [3.63, 3.8) is 0 Å². The Hall–Kier alpha value is -3.61. The molecule has 172 valence electrons. The largest absolute Gasteiger partial charge is 0.492 e. The number of nitrogens with two attached hydrogens (primary N) is 1. The second-order valence-electron chi connectivity index (χ2n) is 8.20. The quantitative estimate of drug-likeness (QED) is 0.307. The van der Waals surface area contributed by atoms with Gasteiger partial charge in [-0.1, -0.05) is 37.3 Å². The highest BCUT2D eigenvalue weighted by molar-refractivity contribution is 6.45. The molecule has 0 unspecified atom stereocenters. The van der Waals surface area contributed by atoms with Crippen molar-refractivity contribution in [1.82, 2.24) is 4.57 Å². The number of primary amides is 1. The molecule has 0 spiro atoms. The predicted molar refractivity (Wildman–Crippen MR) is 125 cm³/mol. The molecule has 0 fully saturated rings. The number of esters is 1. The fourth-order valence-electron chi connectivity index (χ4n) is 4.78. The second kappa shape index (κ2) is 9.48. The Bertz CT molecular complexity index is 1230. The minimum absolute atomic E-state index is 0.0829. The third-order valence-electron chi connectivity index (χ3n) is 6.23. The Morgan fingerprint density at radius 1 is 1.12 bits per heavy atom. The second-order valence-corrected chi connectivity index (χ2v) is 8.20. The smallest absolute Gasteiger partial charge is 0.308 e. The van der Waals surface area contributed by atoms with Crippen LogP contribution >= 0.6 is 0 Å². The number of amides is 1. The number of benzene rings is 2. The maximum absolute atomic E-state index is 13.1. The van der Waals surface area contributed by atoms with E-state index in [0.29, 0.717) is 29.7 Å². The summed E-state index contributed by atoms with van der Waals surface area (Å²) in [4.78, 5) is 36.7. The lowest BCUT2D eigenvalue weighted by atomic mass is 9.99. The molecule has 7 nitrogen and oxygen atoms in total. The Balaban J connectivity index is 1.97. The van der Waals surface area contributed by atoms with Gasteiger partial charge in [-0.25, -0.2) is 0 Å². The van der Waals surface area contributed by atoms with Crippen molar-refractivity contribution < 1.29 is 23.9 Å². The molecule has 1 aliphatic carbocycles. The fourth-order valence-corrected chi connectivity index (χ4v) is 4.78. The van der Waals surface area contributed by atoms with Gasteiger partial charge in [0.1, 0.15) is 5.75 Å². The van der Waals surface area contributed by atoms with Crippen LogP contribution in [0.15, 0.2) is 36.4 Å². The molecule has 3 aromatic rings. The summed E-state index contributed by atoms with van der Waals surface area (Å²) in [6.07, 6.45) is 3.44. The molecule has 0 bridgehead atoms. The molecule has 2 aromatic carbocycles. The lowest BCUT2D eigenvalue weighted by Crippen LogP contribution is -2.24. The average Bonchev–Trinajstić information content (AvgIpc) is 3.41. The van der Waals surface area contributed by atoms with Gasteiger partial charge in [0.25, 0.3) is 11.7 Å². The van der Waals surface area contributed by atoms with E-state index >= 15 is 0 Å². The van der Waals surface area contributed by atoms with Crippen LogP contribution in [0, 0.1) is 0 Å². The Morgan fingerprint density at radius 3 is 2.55 bits per heavy atom. The molecule has 4 rings (SSSR count). The summed E-state index contributed by atoms with van der Waals surface area (Å²) in [6, 6.07) is 12.0. The zero-order valence-corrected chi connectivity index (χ0v) is 19.0. The van der Waals surface area contributed by atoms with Crippen molar-refractivity contribution in [2.75, 3.05) is 13.7 Å². The number of carbonyl (C=O) groups is 3. The van der Waals surface area contributed by atoms with E-state index in [4.69, 9.17) is 15.2 Å². The van der Waals surface area contributed by atoms with Crippen molar-refractivity contribution in [2.24, 2.45) is 5.73 Å². The number of nitrogens with zero attached hydrogens (tertiary/aromatic N) is 1. The van der Waals surface area contributed by atoms with Gasteiger partial charge in [-0.2, -0.15) is 0 Å². The predicted octanol–water partition coefficient (Wildman–Crippen LogP) is 3.35. The summed E-state index contributed by atoms with van der Waals surface area (Å²) in [5.74, 6) is -1.60. The van der Waals surface area contributed by atoms with Crippen LogP contribution in [0.1, 0.15) is 52.5 Å². The molecular formula is C26H28N2O5. The number of ketones is 1. The van der Waals surface area contributed by atoms with Gasteiger partial charge in [-0.15, -0.1) is 0 Å². The van der Waals surface area contributed by atoms with Crippen molar-refractivity contribution >= 4 is 28.6 Å². The zero-order valence-electron chi connectivity index (χ0n) is 19.0. The van der Waals surface area contributed by atoms with E-state index in [1.807, 2.05) is 43.3 Å². The molecule has 1 aromatic heterocycles. The number of fused-ring (bicyclic) bond motifs is 3. The lowest BCUT2D eigenvalue weighted by molar-refractivity contribution is -0.141. The molecule has 1 aliphatic rings. The van der Waals surface area contributed by atoms with Crippen molar-refractivity contribution in [2.45, 2.75) is 45.6 Å². The van der Waals surface area contributed by atoms with Gasteiger partial charge in [-0.05, 0) is 48.4 Å². The normalized spacial score (nSPS) is 12.5. The number of ether oxygens (including phenoxy) is 2. The van der Waals surface area contributed by atoms with E-state index in [-0.39, 0.29) is 19.0 Å². The minimum atomic E-state index is -0.996. The Labute approximate surface area is 192 Å². The maximum atomic E-state index is 13.1. The highest BCUT2D eigenvalue weighted by Gasteiger charge is 2.31. The van der Waals surface area contributed by atoms with Crippen molar-refractivity contribution in [3.05, 3.63) is 64.3 Å². The number of carbonyl (C=O) groups excluding carboxylic acids is 3. The van der Waals surface area contributed by atoms with E-state index in [9.17, 15) is 14.4 Å². The van der Waals surface area contributed by atoms with E-state index in [1.54, 1.807) is 0 Å². The first-order valence-corrected chi connectivity index (χ1v) is 11.2. The molecule has 0 saturated carbocycles. The maximum Gasteiger partial charge on any atom is 0.308 e. The number of Topliss-reactive ketones (excluding diaryl/α,β-unsaturated/α-hetero) is 1. The molecule has 0 radical (unpaired) electrons. The molecule has 33 heavy (non-hydrogen) atoms. The molecule has 1 heterocycles. The molecule has 1 amide bonds. The van der Waals surface area contributed by atoms with Crippen LogP contribution in [0.2, 0.25) is 0 Å². The van der Waals surface area contributed by atoms with Crippen LogP contribution < -0.4 is 10.5 Å². The minimum Gasteiger partial charge on any atom is -0.492 e. The number of methoxy groups -OCH3 is 1. The first kappa shape index (κ1) is 22.6. The SMILES string of the molecule is CCc1c(C(=O)C(N)=O)c2c(OCCC(=O)OC)cc3c(c2n1Cc1ccccc1)CCC3. The van der Waals surface area contributed by atoms with Crippen LogP contribution in [0.4, 0.5) is 0 Å². The van der Waals surface area contributed by atoms with E-state index in [2.05, 4.69) is 4.57 Å². The average molecular weight is 449 g/mol. The summed E-state index contributed by atoms with van der Waals surface area (Å²) in [7, 11) is 1.33. The Morgan fingerprint density at radius 2 is 1.88 bits per heavy atom. The molecule has 0 aliphatic heterocycles. The van der Waals surface area contributed by atoms with Gasteiger partial charge in [-0.3, -0.25) is 14.4 Å². The molecule has 0 saturated heterocycles. The topological polar surface area (TPSA) is 101 Å². The highest BCUT2D eigenvalue weighted by atomic mass is 16.5. The van der Waals surface area contributed by atoms with E-state index in [0.717, 1.165) is 36.0 Å². The van der Waals surface area contributed by atoms with Crippen molar-refractivity contribution in [3.8, 4) is 5.75 Å². The molecule has 7 heteroatoms. The van der Waals surface area contributed by atoms with Gasteiger partial charge in [0, 0.05) is 12.2 Å². The molecular weight excluding hydrogens is 420 g/mol. The van der Waals surface area contributed by atoms with Crippen LogP contribution in [-0.4, -0.2) is 35.9 Å². The summed E-state index contributed by atoms with van der Waals surface area (Å²) in [5, 5.41) is 0.608. The van der Waals surface area contributed by atoms with E-state index in [1.165, 1.54) is 18.2 Å². The summed E-state index contributed by atoms with van der Waals surface area (Å²) in [6.45, 7) is 2.63.